The smallest absolute Gasteiger partial charge is 0.0521 e. The van der Waals surface area contributed by atoms with Gasteiger partial charge in [0.1, 0.15) is 0 Å². The minimum atomic E-state index is 0.284. The zero-order chi connectivity index (χ0) is 7.98. The molecule has 0 aromatic carbocycles. The van der Waals surface area contributed by atoms with Crippen molar-refractivity contribution in [2.45, 2.75) is 26.0 Å². The lowest BCUT2D eigenvalue weighted by Gasteiger charge is -2.09. The molecule has 1 N–H and O–H groups in total. The molecule has 0 radical (unpaired) electrons. The van der Waals surface area contributed by atoms with Crippen molar-refractivity contribution in [2.24, 2.45) is 0 Å². The van der Waals surface area contributed by atoms with E-state index in [9.17, 15) is 0 Å². The lowest BCUT2D eigenvalue weighted by atomic mass is 10.2. The fourth-order valence-electron chi connectivity index (χ4n) is 0.596. The van der Waals surface area contributed by atoms with Gasteiger partial charge in [-0.3, -0.25) is 0 Å². The summed E-state index contributed by atoms with van der Waals surface area (Å²) >= 11 is 1.79. The topological polar surface area (TPSA) is 20.2 Å². The third-order valence-corrected chi connectivity index (χ3v) is 2.85. The largest absolute Gasteiger partial charge is 0.396 e. The molecule has 0 aromatic rings. The molecule has 2 heteroatoms. The summed E-state index contributed by atoms with van der Waals surface area (Å²) in [6, 6.07) is 0. The van der Waals surface area contributed by atoms with Crippen molar-refractivity contribution in [1.82, 2.24) is 0 Å². The van der Waals surface area contributed by atoms with Gasteiger partial charge in [-0.1, -0.05) is 11.6 Å². The van der Waals surface area contributed by atoms with E-state index in [0.717, 1.165) is 5.75 Å². The Hall–Kier alpha value is 0.0500. The van der Waals surface area contributed by atoms with E-state index in [4.69, 9.17) is 5.11 Å². The van der Waals surface area contributed by atoms with Crippen LogP contribution in [0.5, 0.6) is 0 Å². The minimum Gasteiger partial charge on any atom is -0.396 e. The monoisotopic (exact) mass is 160 g/mol. The van der Waals surface area contributed by atoms with Crippen molar-refractivity contribution in [3.63, 3.8) is 0 Å². The first kappa shape index (κ1) is 10.0. The second-order valence-corrected chi connectivity index (χ2v) is 3.72. The van der Waals surface area contributed by atoms with E-state index in [1.54, 1.807) is 11.8 Å². The van der Waals surface area contributed by atoms with Crippen molar-refractivity contribution in [2.75, 3.05) is 12.4 Å². The van der Waals surface area contributed by atoms with Crippen LogP contribution in [0.1, 0.15) is 20.8 Å². The number of hydrogen-bond donors (Lipinski definition) is 1. The van der Waals surface area contributed by atoms with E-state index < -0.39 is 0 Å². The maximum atomic E-state index is 8.53. The highest BCUT2D eigenvalue weighted by molar-refractivity contribution is 8.00. The molecule has 1 unspecified atom stereocenters. The SMILES string of the molecule is C/C=C(\C)C(C)SCCO. The van der Waals surface area contributed by atoms with Crippen LogP contribution in [0.25, 0.3) is 0 Å². The quantitative estimate of drug-likeness (QED) is 0.635. The van der Waals surface area contributed by atoms with Crippen molar-refractivity contribution >= 4 is 11.8 Å². The molecule has 60 valence electrons. The zero-order valence-electron chi connectivity index (χ0n) is 6.92. The highest BCUT2D eigenvalue weighted by Crippen LogP contribution is 2.17. The van der Waals surface area contributed by atoms with Gasteiger partial charge in [0.25, 0.3) is 0 Å². The summed E-state index contributed by atoms with van der Waals surface area (Å²) in [4.78, 5) is 0. The van der Waals surface area contributed by atoms with Gasteiger partial charge in [0, 0.05) is 11.0 Å². The molecule has 0 rings (SSSR count). The average Bonchev–Trinajstić information content (AvgIpc) is 1.98. The second kappa shape index (κ2) is 5.81. The van der Waals surface area contributed by atoms with E-state index in [1.165, 1.54) is 5.57 Å². The van der Waals surface area contributed by atoms with E-state index in [2.05, 4.69) is 19.9 Å². The van der Waals surface area contributed by atoms with Crippen LogP contribution in [0.15, 0.2) is 11.6 Å². The Morgan fingerprint density at radius 3 is 2.70 bits per heavy atom. The molecule has 0 fully saturated rings. The molecule has 0 aliphatic heterocycles. The molecule has 1 nitrogen and oxygen atoms in total. The van der Waals surface area contributed by atoms with Crippen LogP contribution >= 0.6 is 11.8 Å². The Kier molecular flexibility index (Phi) is 5.84. The summed E-state index contributed by atoms with van der Waals surface area (Å²) in [5.41, 5.74) is 1.39. The molecule has 0 aliphatic carbocycles. The maximum absolute atomic E-state index is 8.53. The van der Waals surface area contributed by atoms with Crippen LogP contribution < -0.4 is 0 Å². The van der Waals surface area contributed by atoms with E-state index >= 15 is 0 Å². The third-order valence-electron chi connectivity index (χ3n) is 1.56. The Morgan fingerprint density at radius 1 is 1.70 bits per heavy atom. The van der Waals surface area contributed by atoms with Crippen LogP contribution in [-0.2, 0) is 0 Å². The number of allylic oxidation sites excluding steroid dienone is 1. The van der Waals surface area contributed by atoms with Crippen LogP contribution in [0, 0.1) is 0 Å². The summed E-state index contributed by atoms with van der Waals surface area (Å²) in [5.74, 6) is 0.840. The molecule has 10 heavy (non-hydrogen) atoms. The van der Waals surface area contributed by atoms with Crippen molar-refractivity contribution < 1.29 is 5.11 Å². The summed E-state index contributed by atoms with van der Waals surface area (Å²) in [6.07, 6.45) is 2.12. The summed E-state index contributed by atoms with van der Waals surface area (Å²) in [5, 5.41) is 9.08. The molecule has 0 saturated heterocycles. The van der Waals surface area contributed by atoms with Gasteiger partial charge in [-0.2, -0.15) is 11.8 Å². The van der Waals surface area contributed by atoms with Crippen LogP contribution in [0.4, 0.5) is 0 Å². The molecular formula is C8H16OS. The number of hydrogen-bond acceptors (Lipinski definition) is 2. The van der Waals surface area contributed by atoms with Gasteiger partial charge < -0.3 is 5.11 Å². The summed E-state index contributed by atoms with van der Waals surface area (Å²) in [7, 11) is 0. The minimum absolute atomic E-state index is 0.284. The highest BCUT2D eigenvalue weighted by atomic mass is 32.2. The van der Waals surface area contributed by atoms with Gasteiger partial charge in [-0.25, -0.2) is 0 Å². The van der Waals surface area contributed by atoms with Crippen LogP contribution in [0.3, 0.4) is 0 Å². The van der Waals surface area contributed by atoms with Gasteiger partial charge in [-0.15, -0.1) is 0 Å². The Labute approximate surface area is 67.5 Å². The van der Waals surface area contributed by atoms with Crippen LogP contribution in [-0.4, -0.2) is 22.7 Å². The summed E-state index contributed by atoms with van der Waals surface area (Å²) in [6.45, 7) is 6.61. The number of aliphatic hydroxyl groups is 1. The fourth-order valence-corrected chi connectivity index (χ4v) is 1.45. The molecule has 0 amide bonds. The Morgan fingerprint density at radius 2 is 2.30 bits per heavy atom. The Bertz CT molecular complexity index is 110. The van der Waals surface area contributed by atoms with Gasteiger partial charge in [-0.05, 0) is 20.8 Å². The fraction of sp³-hybridized carbons (Fsp3) is 0.750. The van der Waals surface area contributed by atoms with Crippen molar-refractivity contribution in [3.8, 4) is 0 Å². The zero-order valence-corrected chi connectivity index (χ0v) is 7.74. The standard InChI is InChI=1S/C8H16OS/c1-4-7(2)8(3)10-6-5-9/h4,8-9H,5-6H2,1-3H3/b7-4+. The molecular weight excluding hydrogens is 144 g/mol. The second-order valence-electron chi connectivity index (χ2n) is 2.27. The van der Waals surface area contributed by atoms with Crippen LogP contribution in [0.2, 0.25) is 0 Å². The highest BCUT2D eigenvalue weighted by Gasteiger charge is 2.01. The van der Waals surface area contributed by atoms with Crippen molar-refractivity contribution in [3.05, 3.63) is 11.6 Å². The molecule has 0 spiro atoms. The van der Waals surface area contributed by atoms with E-state index in [-0.39, 0.29) is 6.61 Å². The van der Waals surface area contributed by atoms with Crippen molar-refractivity contribution in [1.29, 1.82) is 0 Å². The first-order valence-corrected chi connectivity index (χ1v) is 4.62. The first-order valence-electron chi connectivity index (χ1n) is 3.57. The average molecular weight is 160 g/mol. The first-order chi connectivity index (χ1) is 4.72. The molecule has 0 aromatic heterocycles. The van der Waals surface area contributed by atoms with Gasteiger partial charge in [0.2, 0.25) is 0 Å². The molecule has 1 atom stereocenters. The number of thioether (sulfide) groups is 1. The molecule has 0 aliphatic rings. The van der Waals surface area contributed by atoms with Gasteiger partial charge in [0.15, 0.2) is 0 Å². The van der Waals surface area contributed by atoms with Gasteiger partial charge in [0.05, 0.1) is 6.61 Å². The summed E-state index contributed by atoms with van der Waals surface area (Å²) < 4.78 is 0. The molecule has 0 heterocycles. The van der Waals surface area contributed by atoms with E-state index in [0.29, 0.717) is 5.25 Å². The lowest BCUT2D eigenvalue weighted by Crippen LogP contribution is -2.00. The predicted octanol–water partition coefficient (Wildman–Crippen LogP) is 2.07. The maximum Gasteiger partial charge on any atom is 0.0521 e. The Balaban J connectivity index is 3.51. The third kappa shape index (κ3) is 3.96. The van der Waals surface area contributed by atoms with Gasteiger partial charge >= 0.3 is 0 Å². The molecule has 0 bridgehead atoms. The number of aliphatic hydroxyl groups excluding tert-OH is 1. The number of rotatable bonds is 4. The normalized spacial score (nSPS) is 15.4. The van der Waals surface area contributed by atoms with E-state index in [1.807, 2.05) is 6.92 Å². The predicted molar refractivity (Wildman–Crippen MR) is 48.4 cm³/mol. The molecule has 0 saturated carbocycles. The lowest BCUT2D eigenvalue weighted by molar-refractivity contribution is 0.322.